The largest absolute Gasteiger partial charge is 0.369 e. The predicted molar refractivity (Wildman–Crippen MR) is 81.4 cm³/mol. The molecule has 1 aromatic carbocycles. The van der Waals surface area contributed by atoms with E-state index < -0.39 is 0 Å². The molecule has 0 spiro atoms. The van der Waals surface area contributed by atoms with E-state index in [1.807, 2.05) is 24.4 Å². The Morgan fingerprint density at radius 2 is 2.05 bits per heavy atom. The summed E-state index contributed by atoms with van der Waals surface area (Å²) in [5.74, 6) is 0.609. The van der Waals surface area contributed by atoms with Crippen LogP contribution in [0.15, 0.2) is 30.5 Å². The molecule has 2 N–H and O–H groups in total. The van der Waals surface area contributed by atoms with E-state index in [-0.39, 0.29) is 0 Å². The van der Waals surface area contributed by atoms with E-state index >= 15 is 0 Å². The van der Waals surface area contributed by atoms with Crippen LogP contribution in [0.3, 0.4) is 0 Å². The van der Waals surface area contributed by atoms with Gasteiger partial charge in [-0.25, -0.2) is 4.98 Å². The molecule has 0 amide bonds. The van der Waals surface area contributed by atoms with Crippen LogP contribution in [-0.2, 0) is 6.54 Å². The number of anilines is 1. The molecule has 1 aliphatic rings. The number of para-hydroxylation sites is 1. The molecular weight excluding hydrogens is 248 g/mol. The molecule has 4 nitrogen and oxygen atoms in total. The zero-order chi connectivity index (χ0) is 13.7. The van der Waals surface area contributed by atoms with Crippen LogP contribution in [-0.4, -0.2) is 14.5 Å². The van der Waals surface area contributed by atoms with Crippen LogP contribution in [0.4, 0.5) is 5.95 Å². The number of aromatic nitrogens is 3. The van der Waals surface area contributed by atoms with Gasteiger partial charge in [0.1, 0.15) is 5.52 Å². The third-order valence-corrected chi connectivity index (χ3v) is 4.71. The van der Waals surface area contributed by atoms with Crippen molar-refractivity contribution >= 4 is 27.9 Å². The van der Waals surface area contributed by atoms with Gasteiger partial charge in [0.2, 0.25) is 5.95 Å². The first-order valence-corrected chi connectivity index (χ1v) is 7.22. The summed E-state index contributed by atoms with van der Waals surface area (Å²) < 4.78 is 2.19. The number of nitrogens with zero attached hydrogens (tertiary/aromatic N) is 3. The minimum absolute atomic E-state index is 0.437. The normalized spacial score (nSPS) is 16.9. The molecule has 0 aliphatic heterocycles. The van der Waals surface area contributed by atoms with Gasteiger partial charge >= 0.3 is 0 Å². The van der Waals surface area contributed by atoms with E-state index in [0.717, 1.165) is 28.5 Å². The quantitative estimate of drug-likeness (QED) is 0.790. The number of nitrogen functional groups attached to an aromatic ring is 1. The number of fused-ring (bicyclic) bond motifs is 3. The molecule has 1 aliphatic carbocycles. The highest BCUT2D eigenvalue weighted by molar-refractivity contribution is 6.02. The summed E-state index contributed by atoms with van der Waals surface area (Å²) in [6.45, 7) is 3.24. The van der Waals surface area contributed by atoms with Crippen molar-refractivity contribution < 1.29 is 0 Å². The van der Waals surface area contributed by atoms with Gasteiger partial charge in [-0.2, -0.15) is 0 Å². The Hall–Kier alpha value is -2.10. The van der Waals surface area contributed by atoms with Crippen molar-refractivity contribution in [2.24, 2.45) is 5.41 Å². The SMILES string of the molecule is CCC1(Cn2c(N)nc3cnc4ccccc4c32)CC1. The van der Waals surface area contributed by atoms with E-state index in [1.54, 1.807) is 0 Å². The lowest BCUT2D eigenvalue weighted by Gasteiger charge is -2.15. The first-order valence-electron chi connectivity index (χ1n) is 7.22. The number of hydrogen-bond acceptors (Lipinski definition) is 3. The second-order valence-corrected chi connectivity index (χ2v) is 5.92. The van der Waals surface area contributed by atoms with Gasteiger partial charge in [-0.05, 0) is 30.7 Å². The van der Waals surface area contributed by atoms with Crippen LogP contribution in [0.1, 0.15) is 26.2 Å². The molecule has 2 aromatic heterocycles. The minimum atomic E-state index is 0.437. The van der Waals surface area contributed by atoms with Gasteiger partial charge in [0.15, 0.2) is 0 Å². The highest BCUT2D eigenvalue weighted by Crippen LogP contribution is 2.50. The van der Waals surface area contributed by atoms with Crippen molar-refractivity contribution in [3.05, 3.63) is 30.5 Å². The Morgan fingerprint density at radius 3 is 2.80 bits per heavy atom. The number of rotatable bonds is 3. The highest BCUT2D eigenvalue weighted by atomic mass is 15.2. The Labute approximate surface area is 117 Å². The monoisotopic (exact) mass is 266 g/mol. The van der Waals surface area contributed by atoms with E-state index in [1.165, 1.54) is 19.3 Å². The molecule has 102 valence electrons. The molecular formula is C16H18N4. The fraction of sp³-hybridized carbons (Fsp3) is 0.375. The van der Waals surface area contributed by atoms with E-state index in [0.29, 0.717) is 11.4 Å². The molecule has 3 aromatic rings. The lowest BCUT2D eigenvalue weighted by molar-refractivity contribution is 0.418. The van der Waals surface area contributed by atoms with Gasteiger partial charge in [0, 0.05) is 11.9 Å². The maximum absolute atomic E-state index is 6.16. The Kier molecular flexibility index (Phi) is 2.31. The van der Waals surface area contributed by atoms with Gasteiger partial charge in [0.05, 0.1) is 17.2 Å². The Bertz CT molecular complexity index is 799. The zero-order valence-electron chi connectivity index (χ0n) is 11.6. The summed E-state index contributed by atoms with van der Waals surface area (Å²) in [5, 5.41) is 1.14. The van der Waals surface area contributed by atoms with Gasteiger partial charge in [-0.1, -0.05) is 25.1 Å². The van der Waals surface area contributed by atoms with Crippen molar-refractivity contribution in [2.45, 2.75) is 32.7 Å². The molecule has 0 saturated heterocycles. The second-order valence-electron chi connectivity index (χ2n) is 5.92. The summed E-state index contributed by atoms with van der Waals surface area (Å²) in [6.07, 6.45) is 5.63. The molecule has 0 radical (unpaired) electrons. The number of nitrogens with two attached hydrogens (primary N) is 1. The third-order valence-electron chi connectivity index (χ3n) is 4.71. The molecule has 4 rings (SSSR count). The van der Waals surface area contributed by atoms with Crippen LogP contribution in [0.5, 0.6) is 0 Å². The molecule has 1 fully saturated rings. The summed E-state index contributed by atoms with van der Waals surface area (Å²) in [4.78, 5) is 8.95. The van der Waals surface area contributed by atoms with Crippen LogP contribution in [0, 0.1) is 5.41 Å². The van der Waals surface area contributed by atoms with Crippen LogP contribution < -0.4 is 5.73 Å². The molecule has 2 heterocycles. The summed E-state index contributed by atoms with van der Waals surface area (Å²) in [7, 11) is 0. The average Bonchev–Trinajstić information content (AvgIpc) is 3.18. The molecule has 4 heteroatoms. The maximum Gasteiger partial charge on any atom is 0.201 e. The van der Waals surface area contributed by atoms with Crippen LogP contribution in [0.25, 0.3) is 21.9 Å². The van der Waals surface area contributed by atoms with Crippen molar-refractivity contribution in [2.75, 3.05) is 5.73 Å². The fourth-order valence-corrected chi connectivity index (χ4v) is 3.08. The van der Waals surface area contributed by atoms with Crippen LogP contribution in [0.2, 0.25) is 0 Å². The van der Waals surface area contributed by atoms with E-state index in [4.69, 9.17) is 5.73 Å². The minimum Gasteiger partial charge on any atom is -0.369 e. The Morgan fingerprint density at radius 1 is 1.25 bits per heavy atom. The van der Waals surface area contributed by atoms with E-state index in [2.05, 4.69) is 27.5 Å². The summed E-state index contributed by atoms with van der Waals surface area (Å²) in [6, 6.07) is 8.20. The number of pyridine rings is 1. The molecule has 0 unspecified atom stereocenters. The number of hydrogen-bond donors (Lipinski definition) is 1. The van der Waals surface area contributed by atoms with Crippen molar-refractivity contribution in [1.29, 1.82) is 0 Å². The van der Waals surface area contributed by atoms with E-state index in [9.17, 15) is 0 Å². The third kappa shape index (κ3) is 1.60. The fourth-order valence-electron chi connectivity index (χ4n) is 3.08. The Balaban J connectivity index is 1.99. The number of imidazole rings is 1. The zero-order valence-corrected chi connectivity index (χ0v) is 11.6. The van der Waals surface area contributed by atoms with Crippen molar-refractivity contribution in [3.8, 4) is 0 Å². The molecule has 20 heavy (non-hydrogen) atoms. The number of benzene rings is 1. The van der Waals surface area contributed by atoms with Crippen molar-refractivity contribution in [1.82, 2.24) is 14.5 Å². The smallest absolute Gasteiger partial charge is 0.201 e. The first-order chi connectivity index (χ1) is 9.72. The lowest BCUT2D eigenvalue weighted by Crippen LogP contribution is -2.13. The average molecular weight is 266 g/mol. The maximum atomic E-state index is 6.16. The van der Waals surface area contributed by atoms with Gasteiger partial charge in [0.25, 0.3) is 0 Å². The topological polar surface area (TPSA) is 56.7 Å². The molecule has 0 bridgehead atoms. The lowest BCUT2D eigenvalue weighted by atomic mass is 10.0. The highest BCUT2D eigenvalue weighted by Gasteiger charge is 2.41. The molecule has 1 saturated carbocycles. The van der Waals surface area contributed by atoms with Gasteiger partial charge in [-0.15, -0.1) is 0 Å². The van der Waals surface area contributed by atoms with Gasteiger partial charge in [-0.3, -0.25) is 4.98 Å². The second kappa shape index (κ2) is 3.95. The summed E-state index contributed by atoms with van der Waals surface area (Å²) >= 11 is 0. The van der Waals surface area contributed by atoms with Crippen LogP contribution >= 0.6 is 0 Å². The van der Waals surface area contributed by atoms with Gasteiger partial charge < -0.3 is 10.3 Å². The standard InChI is InChI=1S/C16H18N4/c1-2-16(7-8-16)10-20-14-11-5-3-4-6-12(11)18-9-13(14)19-15(20)17/h3-6,9H,2,7-8,10H2,1H3,(H2,17,19). The summed E-state index contributed by atoms with van der Waals surface area (Å²) in [5.41, 5.74) is 9.63. The first kappa shape index (κ1) is 11.7. The molecule has 0 atom stereocenters. The van der Waals surface area contributed by atoms with Crippen molar-refractivity contribution in [3.63, 3.8) is 0 Å². The predicted octanol–water partition coefficient (Wildman–Crippen LogP) is 3.36.